The van der Waals surface area contributed by atoms with E-state index >= 15 is 0 Å². The predicted molar refractivity (Wildman–Crippen MR) is 102 cm³/mol. The molecule has 0 aliphatic carbocycles. The van der Waals surface area contributed by atoms with Crippen molar-refractivity contribution in [2.24, 2.45) is 0 Å². The van der Waals surface area contributed by atoms with Crippen LogP contribution in [0.4, 0.5) is 8.78 Å². The molecule has 1 heterocycles. The molecule has 148 valence electrons. The van der Waals surface area contributed by atoms with Crippen LogP contribution in [0.5, 0.6) is 5.75 Å². The summed E-state index contributed by atoms with van der Waals surface area (Å²) < 4.78 is 34.0. The van der Waals surface area contributed by atoms with Crippen molar-refractivity contribution >= 4 is 5.91 Å². The van der Waals surface area contributed by atoms with Crippen molar-refractivity contribution in [3.05, 3.63) is 77.9 Å². The van der Waals surface area contributed by atoms with E-state index in [1.54, 1.807) is 18.1 Å². The van der Waals surface area contributed by atoms with Crippen LogP contribution < -0.4 is 4.74 Å². The van der Waals surface area contributed by atoms with Crippen LogP contribution in [-0.4, -0.2) is 35.2 Å². The second-order valence-corrected chi connectivity index (χ2v) is 6.79. The highest BCUT2D eigenvalue weighted by Gasteiger charge is 2.39. The van der Waals surface area contributed by atoms with Crippen molar-refractivity contribution in [2.75, 3.05) is 7.11 Å². The summed E-state index contributed by atoms with van der Waals surface area (Å²) in [5.41, 5.74) is 0.675. The number of amides is 1. The largest absolute Gasteiger partial charge is 0.497 e. The Labute approximate surface area is 163 Å². The number of carbonyl (C=O) groups excluding carboxylic acids is 1. The van der Waals surface area contributed by atoms with E-state index in [1.807, 2.05) is 24.3 Å². The lowest BCUT2D eigenvalue weighted by Crippen LogP contribution is -2.33. The van der Waals surface area contributed by atoms with Gasteiger partial charge in [0.2, 0.25) is 5.91 Å². The summed E-state index contributed by atoms with van der Waals surface area (Å²) in [5.74, 6) is -2.71. The van der Waals surface area contributed by atoms with Gasteiger partial charge in [-0.3, -0.25) is 4.79 Å². The normalized spacial score (nSPS) is 18.6. The number of rotatable bonds is 7. The molecule has 0 saturated carbocycles. The molecule has 1 fully saturated rings. The number of ether oxygens (including phenoxy) is 1. The number of carbonyl (C=O) groups is 1. The maximum atomic E-state index is 14.4. The molecule has 1 saturated heterocycles. The molecule has 1 aliphatic heterocycles. The average Bonchev–Trinajstić information content (AvgIpc) is 3.06. The van der Waals surface area contributed by atoms with Crippen LogP contribution in [-0.2, 0) is 17.3 Å². The number of alkyl halides is 2. The Bertz CT molecular complexity index is 821. The number of halogens is 2. The lowest BCUT2D eigenvalue weighted by atomic mass is 10.0. The van der Waals surface area contributed by atoms with Crippen LogP contribution in [0, 0.1) is 0 Å². The first kappa shape index (κ1) is 20.0. The molecule has 1 amide bonds. The Hall–Kier alpha value is -2.73. The van der Waals surface area contributed by atoms with E-state index in [2.05, 4.69) is 0 Å². The monoisotopic (exact) mass is 387 g/mol. The Balaban J connectivity index is 1.70. The molecule has 1 N–H and O–H groups in total. The van der Waals surface area contributed by atoms with Crippen molar-refractivity contribution < 1.29 is 23.4 Å². The Kier molecular flexibility index (Phi) is 6.09. The van der Waals surface area contributed by atoms with Gasteiger partial charge in [0.15, 0.2) is 0 Å². The Morgan fingerprint density at radius 3 is 2.54 bits per heavy atom. The summed E-state index contributed by atoms with van der Waals surface area (Å²) in [6, 6.07) is 14.2. The molecule has 0 spiro atoms. The fourth-order valence-electron chi connectivity index (χ4n) is 3.27. The molecule has 0 unspecified atom stereocenters. The minimum atomic E-state index is -3.40. The summed E-state index contributed by atoms with van der Waals surface area (Å²) >= 11 is 0. The van der Waals surface area contributed by atoms with Crippen LogP contribution >= 0.6 is 0 Å². The second-order valence-electron chi connectivity index (χ2n) is 6.79. The minimum Gasteiger partial charge on any atom is -0.497 e. The summed E-state index contributed by atoms with van der Waals surface area (Å²) in [6.45, 7) is 0.378. The molecule has 1 aliphatic rings. The zero-order valence-electron chi connectivity index (χ0n) is 15.6. The maximum absolute atomic E-state index is 14.4. The minimum absolute atomic E-state index is 0.0326. The van der Waals surface area contributed by atoms with Gasteiger partial charge in [0, 0.05) is 18.5 Å². The van der Waals surface area contributed by atoms with Crippen molar-refractivity contribution in [3.63, 3.8) is 0 Å². The number of likely N-dealkylation sites (tertiary alicyclic amines) is 1. The Morgan fingerprint density at radius 1 is 1.21 bits per heavy atom. The molecule has 28 heavy (non-hydrogen) atoms. The topological polar surface area (TPSA) is 49.8 Å². The van der Waals surface area contributed by atoms with Gasteiger partial charge in [-0.1, -0.05) is 54.6 Å². The summed E-state index contributed by atoms with van der Waals surface area (Å²) in [4.78, 5) is 13.9. The molecule has 6 heteroatoms. The quantitative estimate of drug-likeness (QED) is 0.734. The van der Waals surface area contributed by atoms with Crippen molar-refractivity contribution in [1.82, 2.24) is 4.90 Å². The standard InChI is InChI=1S/C22H23F2NO3/c1-28-19-11-7-16(8-12-19)15-25-18(10-14-21(25)27)9-13-20(26)22(23,24)17-5-3-2-4-6-17/h2-9,11-13,18,20,26H,10,14-15H2,1H3/b13-9+/t18-,20-/m0/s1. The summed E-state index contributed by atoms with van der Waals surface area (Å²) in [5, 5.41) is 10.0. The maximum Gasteiger partial charge on any atom is 0.302 e. The van der Waals surface area contributed by atoms with Crippen molar-refractivity contribution in [3.8, 4) is 5.75 Å². The SMILES string of the molecule is COc1ccc(CN2C(=O)CC[C@@H]2/C=C/[C@H](O)C(F)(F)c2ccccc2)cc1. The van der Waals surface area contributed by atoms with E-state index in [9.17, 15) is 18.7 Å². The highest BCUT2D eigenvalue weighted by Crippen LogP contribution is 2.33. The first-order valence-electron chi connectivity index (χ1n) is 9.14. The number of benzene rings is 2. The van der Waals surface area contributed by atoms with Gasteiger partial charge in [0.25, 0.3) is 0 Å². The van der Waals surface area contributed by atoms with E-state index < -0.39 is 12.0 Å². The van der Waals surface area contributed by atoms with Crippen molar-refractivity contribution in [1.29, 1.82) is 0 Å². The molecular formula is C22H23F2NO3. The fraction of sp³-hybridized carbons (Fsp3) is 0.318. The first-order valence-corrected chi connectivity index (χ1v) is 9.14. The van der Waals surface area contributed by atoms with Gasteiger partial charge in [-0.2, -0.15) is 8.78 Å². The first-order chi connectivity index (χ1) is 13.4. The van der Waals surface area contributed by atoms with Crippen LogP contribution in [0.25, 0.3) is 0 Å². The third kappa shape index (κ3) is 4.39. The number of aliphatic hydroxyl groups is 1. The van der Waals surface area contributed by atoms with Gasteiger partial charge in [-0.15, -0.1) is 0 Å². The molecule has 4 nitrogen and oxygen atoms in total. The van der Waals surface area contributed by atoms with Gasteiger partial charge < -0.3 is 14.7 Å². The number of aliphatic hydroxyl groups excluding tert-OH is 1. The summed E-state index contributed by atoms with van der Waals surface area (Å²) in [6.07, 6.45) is 1.53. The van der Waals surface area contributed by atoms with Crippen LogP contribution in [0.3, 0.4) is 0 Å². The molecule has 3 rings (SSSR count). The van der Waals surface area contributed by atoms with E-state index in [1.165, 1.54) is 30.3 Å². The third-order valence-electron chi connectivity index (χ3n) is 4.93. The van der Waals surface area contributed by atoms with E-state index in [-0.39, 0.29) is 17.5 Å². The van der Waals surface area contributed by atoms with Crippen molar-refractivity contribution in [2.45, 2.75) is 37.5 Å². The van der Waals surface area contributed by atoms with Crippen LogP contribution in [0.2, 0.25) is 0 Å². The number of nitrogens with zero attached hydrogens (tertiary/aromatic N) is 1. The highest BCUT2D eigenvalue weighted by atomic mass is 19.3. The summed E-state index contributed by atoms with van der Waals surface area (Å²) in [7, 11) is 1.58. The zero-order valence-corrected chi connectivity index (χ0v) is 15.6. The molecule has 2 aromatic rings. The van der Waals surface area contributed by atoms with Gasteiger partial charge in [-0.25, -0.2) is 0 Å². The molecular weight excluding hydrogens is 364 g/mol. The third-order valence-corrected chi connectivity index (χ3v) is 4.93. The molecule has 2 aromatic carbocycles. The fourth-order valence-corrected chi connectivity index (χ4v) is 3.27. The zero-order chi connectivity index (χ0) is 20.1. The van der Waals surface area contributed by atoms with E-state index in [0.29, 0.717) is 19.4 Å². The molecule has 0 radical (unpaired) electrons. The lowest BCUT2D eigenvalue weighted by molar-refractivity contribution is -0.129. The van der Waals surface area contributed by atoms with E-state index in [4.69, 9.17) is 4.74 Å². The smallest absolute Gasteiger partial charge is 0.302 e. The molecule has 0 bridgehead atoms. The van der Waals surface area contributed by atoms with E-state index in [0.717, 1.165) is 17.4 Å². The van der Waals surface area contributed by atoms with Gasteiger partial charge >= 0.3 is 5.92 Å². The number of methoxy groups -OCH3 is 1. The average molecular weight is 387 g/mol. The lowest BCUT2D eigenvalue weighted by Gasteiger charge is -2.24. The van der Waals surface area contributed by atoms with Gasteiger partial charge in [-0.05, 0) is 24.1 Å². The molecule has 0 aromatic heterocycles. The Morgan fingerprint density at radius 2 is 1.89 bits per heavy atom. The molecule has 2 atom stereocenters. The predicted octanol–water partition coefficient (Wildman–Crippen LogP) is 3.90. The van der Waals surface area contributed by atoms with Crippen LogP contribution in [0.1, 0.15) is 24.0 Å². The van der Waals surface area contributed by atoms with Gasteiger partial charge in [0.05, 0.1) is 13.2 Å². The highest BCUT2D eigenvalue weighted by molar-refractivity contribution is 5.79. The number of hydrogen-bond acceptors (Lipinski definition) is 3. The van der Waals surface area contributed by atoms with Gasteiger partial charge in [0.1, 0.15) is 11.9 Å². The van der Waals surface area contributed by atoms with Crippen LogP contribution in [0.15, 0.2) is 66.7 Å². The number of hydrogen-bond donors (Lipinski definition) is 1. The second kappa shape index (κ2) is 8.52.